The van der Waals surface area contributed by atoms with E-state index in [9.17, 15) is 14.9 Å². The zero-order chi connectivity index (χ0) is 25.8. The van der Waals surface area contributed by atoms with Crippen molar-refractivity contribution in [1.82, 2.24) is 4.90 Å². The quantitative estimate of drug-likeness (QED) is 0.155. The van der Waals surface area contributed by atoms with Crippen molar-refractivity contribution in [2.24, 2.45) is 4.99 Å². The molecule has 0 N–H and O–H groups in total. The number of carbonyl (C=O) groups excluding carboxylic acids is 1. The number of amides is 1. The molecule has 0 bridgehead atoms. The molecule has 1 amide bonds. The van der Waals surface area contributed by atoms with Gasteiger partial charge in [-0.05, 0) is 53.6 Å². The van der Waals surface area contributed by atoms with E-state index in [2.05, 4.69) is 0 Å². The number of aliphatic imine (C=N–C) groups is 1. The van der Waals surface area contributed by atoms with Crippen LogP contribution in [0.4, 0.5) is 5.69 Å². The predicted octanol–water partition coefficient (Wildman–Crippen LogP) is 6.84. The molecular weight excluding hydrogens is 486 g/mol. The zero-order valence-electron chi connectivity index (χ0n) is 20.0. The van der Waals surface area contributed by atoms with Gasteiger partial charge in [-0.15, -0.1) is 0 Å². The highest BCUT2D eigenvalue weighted by molar-refractivity contribution is 8.18. The van der Waals surface area contributed by atoms with Crippen LogP contribution in [0.15, 0.2) is 105 Å². The van der Waals surface area contributed by atoms with Crippen molar-refractivity contribution in [3.63, 3.8) is 0 Å². The summed E-state index contributed by atoms with van der Waals surface area (Å²) in [6.45, 7) is 2.69. The number of hydrogen-bond acceptors (Lipinski definition) is 6. The number of furan rings is 1. The van der Waals surface area contributed by atoms with E-state index >= 15 is 0 Å². The van der Waals surface area contributed by atoms with Crippen molar-refractivity contribution in [3.8, 4) is 11.3 Å². The number of rotatable bonds is 7. The van der Waals surface area contributed by atoms with Crippen LogP contribution in [0.5, 0.6) is 0 Å². The standard InChI is InChI=1S/C29H23N3O4S/c1-20-16-23(32(34)35)12-14-25(20)26-15-13-24(36-26)17-27-28(33)31(19-22-10-6-3-7-11-22)29(37-27)30-18-21-8-4-2-5-9-21/h2-17H,18-19H2,1H3/b27-17-,30-29?. The Hall–Kier alpha value is -4.43. The van der Waals surface area contributed by atoms with Crippen LogP contribution in [-0.4, -0.2) is 20.9 Å². The predicted molar refractivity (Wildman–Crippen MR) is 146 cm³/mol. The van der Waals surface area contributed by atoms with Crippen molar-refractivity contribution in [2.75, 3.05) is 0 Å². The van der Waals surface area contributed by atoms with Crippen LogP contribution in [0, 0.1) is 17.0 Å². The molecule has 0 atom stereocenters. The number of benzene rings is 3. The Labute approximate surface area is 218 Å². The fraction of sp³-hybridized carbons (Fsp3) is 0.103. The summed E-state index contributed by atoms with van der Waals surface area (Å²) in [5, 5.41) is 11.7. The van der Waals surface area contributed by atoms with Crippen molar-refractivity contribution in [2.45, 2.75) is 20.0 Å². The summed E-state index contributed by atoms with van der Waals surface area (Å²) in [7, 11) is 0. The van der Waals surface area contributed by atoms with Crippen molar-refractivity contribution < 1.29 is 14.1 Å². The lowest BCUT2D eigenvalue weighted by atomic mass is 10.1. The van der Waals surface area contributed by atoms with Crippen LogP contribution < -0.4 is 0 Å². The molecule has 5 rings (SSSR count). The SMILES string of the molecule is Cc1cc([N+](=O)[O-])ccc1-c1ccc(/C=C2\SC(=NCc3ccccc3)N(Cc3ccccc3)C2=O)o1. The normalized spacial score (nSPS) is 15.6. The molecule has 7 nitrogen and oxygen atoms in total. The van der Waals surface area contributed by atoms with E-state index < -0.39 is 4.92 Å². The maximum atomic E-state index is 13.4. The number of aryl methyl sites for hydroxylation is 1. The second kappa shape index (κ2) is 10.7. The van der Waals surface area contributed by atoms with Gasteiger partial charge in [0.15, 0.2) is 5.17 Å². The number of nitrogens with zero attached hydrogens (tertiary/aromatic N) is 3. The van der Waals surface area contributed by atoms with Crippen molar-refractivity contribution in [3.05, 3.63) is 128 Å². The summed E-state index contributed by atoms with van der Waals surface area (Å²) in [5.74, 6) is 0.964. The number of nitro groups is 1. The number of thioether (sulfide) groups is 1. The minimum atomic E-state index is -0.421. The Morgan fingerprint density at radius 3 is 2.35 bits per heavy atom. The van der Waals surface area contributed by atoms with Crippen molar-refractivity contribution in [1.29, 1.82) is 0 Å². The molecule has 37 heavy (non-hydrogen) atoms. The molecule has 1 aliphatic heterocycles. The topological polar surface area (TPSA) is 89.0 Å². The van der Waals surface area contributed by atoms with Gasteiger partial charge in [-0.2, -0.15) is 0 Å². The molecule has 1 aliphatic rings. The maximum absolute atomic E-state index is 13.4. The Morgan fingerprint density at radius 1 is 0.973 bits per heavy atom. The summed E-state index contributed by atoms with van der Waals surface area (Å²) in [6.07, 6.45) is 1.72. The Morgan fingerprint density at radius 2 is 1.68 bits per heavy atom. The van der Waals surface area contributed by atoms with E-state index in [1.165, 1.54) is 23.9 Å². The molecule has 2 heterocycles. The van der Waals surface area contributed by atoms with Gasteiger partial charge >= 0.3 is 0 Å². The first-order chi connectivity index (χ1) is 18.0. The minimum Gasteiger partial charge on any atom is -0.457 e. The van der Waals surface area contributed by atoms with Gasteiger partial charge in [0.1, 0.15) is 11.5 Å². The van der Waals surface area contributed by atoms with Gasteiger partial charge in [-0.3, -0.25) is 24.8 Å². The van der Waals surface area contributed by atoms with Crippen LogP contribution in [0.1, 0.15) is 22.5 Å². The molecule has 1 saturated heterocycles. The third kappa shape index (κ3) is 5.54. The van der Waals surface area contributed by atoms with Crippen molar-refractivity contribution >= 4 is 34.6 Å². The molecule has 0 radical (unpaired) electrons. The fourth-order valence-corrected chi connectivity index (χ4v) is 4.97. The molecule has 1 aromatic heterocycles. The Kier molecular flexibility index (Phi) is 7.00. The van der Waals surface area contributed by atoms with Crippen LogP contribution in [0.2, 0.25) is 0 Å². The first-order valence-electron chi connectivity index (χ1n) is 11.7. The van der Waals surface area contributed by atoms with E-state index in [1.807, 2.05) is 60.7 Å². The first-order valence-corrected chi connectivity index (χ1v) is 12.5. The van der Waals surface area contributed by atoms with Gasteiger partial charge in [0.25, 0.3) is 11.6 Å². The second-order valence-corrected chi connectivity index (χ2v) is 9.54. The average molecular weight is 510 g/mol. The van der Waals surface area contributed by atoms with Crippen LogP contribution in [0.3, 0.4) is 0 Å². The Balaban J connectivity index is 1.42. The summed E-state index contributed by atoms with van der Waals surface area (Å²) in [5.41, 5.74) is 3.60. The molecule has 0 saturated carbocycles. The lowest BCUT2D eigenvalue weighted by Gasteiger charge is -2.15. The van der Waals surface area contributed by atoms with Gasteiger partial charge in [-0.1, -0.05) is 60.7 Å². The minimum absolute atomic E-state index is 0.0314. The highest BCUT2D eigenvalue weighted by Gasteiger charge is 2.33. The fourth-order valence-electron chi connectivity index (χ4n) is 4.02. The molecule has 0 unspecified atom stereocenters. The Bertz CT molecular complexity index is 1510. The third-order valence-electron chi connectivity index (χ3n) is 5.90. The smallest absolute Gasteiger partial charge is 0.269 e. The first kappa shape index (κ1) is 24.3. The number of non-ortho nitro benzene ring substituents is 1. The maximum Gasteiger partial charge on any atom is 0.269 e. The molecule has 3 aromatic carbocycles. The largest absolute Gasteiger partial charge is 0.457 e. The summed E-state index contributed by atoms with van der Waals surface area (Å²) >= 11 is 1.33. The number of amidine groups is 1. The highest BCUT2D eigenvalue weighted by Crippen LogP contribution is 2.35. The molecular formula is C29H23N3O4S. The molecule has 1 fully saturated rings. The summed E-state index contributed by atoms with van der Waals surface area (Å²) in [6, 6.07) is 28.0. The lowest BCUT2D eigenvalue weighted by molar-refractivity contribution is -0.384. The van der Waals surface area contributed by atoms with E-state index in [4.69, 9.17) is 9.41 Å². The van der Waals surface area contributed by atoms with E-state index in [1.54, 1.807) is 36.1 Å². The van der Waals surface area contributed by atoms with E-state index in [0.717, 1.165) is 22.3 Å². The number of nitro benzene ring substituents is 1. The molecule has 8 heteroatoms. The van der Waals surface area contributed by atoms with Gasteiger partial charge in [0.2, 0.25) is 0 Å². The summed E-state index contributed by atoms with van der Waals surface area (Å²) < 4.78 is 6.01. The average Bonchev–Trinajstić information content (AvgIpc) is 3.49. The second-order valence-electron chi connectivity index (χ2n) is 8.53. The highest BCUT2D eigenvalue weighted by atomic mass is 32.2. The zero-order valence-corrected chi connectivity index (χ0v) is 20.9. The third-order valence-corrected chi connectivity index (χ3v) is 6.94. The van der Waals surface area contributed by atoms with Gasteiger partial charge in [-0.25, -0.2) is 0 Å². The molecule has 0 spiro atoms. The monoisotopic (exact) mass is 509 g/mol. The van der Waals surface area contributed by atoms with E-state index in [0.29, 0.717) is 34.7 Å². The van der Waals surface area contributed by atoms with Gasteiger partial charge < -0.3 is 4.42 Å². The summed E-state index contributed by atoms with van der Waals surface area (Å²) in [4.78, 5) is 31.0. The van der Waals surface area contributed by atoms with Gasteiger partial charge in [0, 0.05) is 23.8 Å². The van der Waals surface area contributed by atoms with Crippen LogP contribution in [-0.2, 0) is 17.9 Å². The molecule has 184 valence electrons. The van der Waals surface area contributed by atoms with Crippen LogP contribution in [0.25, 0.3) is 17.4 Å². The number of hydrogen-bond donors (Lipinski definition) is 0. The van der Waals surface area contributed by atoms with E-state index in [-0.39, 0.29) is 11.6 Å². The molecule has 0 aliphatic carbocycles. The van der Waals surface area contributed by atoms with Gasteiger partial charge in [0.05, 0.1) is 22.9 Å². The molecule has 4 aromatic rings. The number of carbonyl (C=O) groups is 1. The lowest BCUT2D eigenvalue weighted by Crippen LogP contribution is -2.28. The van der Waals surface area contributed by atoms with Crippen LogP contribution >= 0.6 is 11.8 Å².